The van der Waals surface area contributed by atoms with E-state index in [0.29, 0.717) is 5.82 Å². The van der Waals surface area contributed by atoms with Crippen LogP contribution in [-0.4, -0.2) is 15.0 Å². The molecule has 1 radical (unpaired) electrons. The Hall–Kier alpha value is -6.32. The van der Waals surface area contributed by atoms with E-state index in [9.17, 15) is 0 Å². The van der Waals surface area contributed by atoms with Gasteiger partial charge in [0.1, 0.15) is 5.82 Å². The van der Waals surface area contributed by atoms with Crippen molar-refractivity contribution in [2.24, 2.45) is 0 Å². The Kier molecular flexibility index (Phi) is 9.64. The van der Waals surface area contributed by atoms with E-state index in [2.05, 4.69) is 164 Å². The molecule has 0 aliphatic rings. The molecule has 0 unspecified atom stereocenters. The fraction of sp³-hybridized carbons (Fsp3) is 0. The van der Waals surface area contributed by atoms with Gasteiger partial charge in [-0.1, -0.05) is 139 Å². The molecule has 2 aromatic heterocycles. The molecule has 53 heavy (non-hydrogen) atoms. The van der Waals surface area contributed by atoms with Gasteiger partial charge in [-0.2, -0.15) is 0 Å². The molecular weight excluding hydrogens is 823 g/mol. The summed E-state index contributed by atoms with van der Waals surface area (Å²) in [5, 5.41) is 2.22. The van der Waals surface area contributed by atoms with Gasteiger partial charge < -0.3 is 4.98 Å². The Morgan fingerprint density at radius 2 is 0.906 bits per heavy atom. The average Bonchev–Trinajstić information content (AvgIpc) is 3.24. The van der Waals surface area contributed by atoms with E-state index in [-0.39, 0.29) is 20.1 Å². The second-order valence-corrected chi connectivity index (χ2v) is 12.8. The molecule has 7 aromatic carbocycles. The summed E-state index contributed by atoms with van der Waals surface area (Å²) in [7, 11) is 0. The van der Waals surface area contributed by atoms with Crippen LogP contribution in [0.2, 0.25) is 0 Å². The zero-order valence-electron chi connectivity index (χ0n) is 28.7. The van der Waals surface area contributed by atoms with Crippen molar-refractivity contribution in [2.75, 3.05) is 0 Å². The van der Waals surface area contributed by atoms with Crippen LogP contribution in [0.3, 0.4) is 0 Å². The number of nitrogens with zero attached hydrogens (tertiary/aromatic N) is 3. The molecule has 3 nitrogen and oxygen atoms in total. The predicted molar refractivity (Wildman–Crippen MR) is 214 cm³/mol. The van der Waals surface area contributed by atoms with Crippen LogP contribution >= 0.6 is 0 Å². The number of aromatic nitrogens is 3. The van der Waals surface area contributed by atoms with Gasteiger partial charge in [0.05, 0.1) is 11.4 Å². The minimum atomic E-state index is 0. The summed E-state index contributed by atoms with van der Waals surface area (Å²) in [4.78, 5) is 15.3. The Morgan fingerprint density at radius 3 is 1.58 bits per heavy atom. The molecule has 0 spiro atoms. The second kappa shape index (κ2) is 15.1. The summed E-state index contributed by atoms with van der Waals surface area (Å²) < 4.78 is 0. The van der Waals surface area contributed by atoms with Crippen molar-refractivity contribution in [1.29, 1.82) is 0 Å². The topological polar surface area (TPSA) is 38.7 Å². The van der Waals surface area contributed by atoms with Gasteiger partial charge in [-0.15, -0.1) is 29.8 Å². The summed E-state index contributed by atoms with van der Waals surface area (Å²) >= 11 is 0. The third-order valence-corrected chi connectivity index (χ3v) is 9.42. The average molecular weight is 855 g/mol. The van der Waals surface area contributed by atoms with E-state index in [1.54, 1.807) is 0 Å². The quantitative estimate of drug-likeness (QED) is 0.150. The zero-order chi connectivity index (χ0) is 34.7. The van der Waals surface area contributed by atoms with Crippen LogP contribution in [0, 0.1) is 6.07 Å². The third kappa shape index (κ3) is 7.11. The van der Waals surface area contributed by atoms with Crippen LogP contribution in [-0.2, 0) is 20.1 Å². The maximum Gasteiger partial charge on any atom is 0.142 e. The number of benzene rings is 7. The van der Waals surface area contributed by atoms with E-state index in [1.165, 1.54) is 0 Å². The van der Waals surface area contributed by atoms with Crippen LogP contribution in [0.5, 0.6) is 0 Å². The molecule has 0 amide bonds. The van der Waals surface area contributed by atoms with Gasteiger partial charge in [0.15, 0.2) is 0 Å². The molecule has 0 aliphatic heterocycles. The van der Waals surface area contributed by atoms with Crippen LogP contribution in [0.25, 0.3) is 89.3 Å². The molecule has 0 saturated carbocycles. The van der Waals surface area contributed by atoms with E-state index >= 15 is 0 Å². The van der Waals surface area contributed by atoms with Crippen LogP contribution in [0.1, 0.15) is 0 Å². The largest absolute Gasteiger partial charge is 0.304 e. The van der Waals surface area contributed by atoms with Gasteiger partial charge in [0.2, 0.25) is 0 Å². The standard InChI is InChI=1S/C49H32N3.Ir/c1-4-14-34(15-5-1)38-21-12-22-39(28-38)46-33-47(44-31-42(35-16-6-2-7-17-35)30-43(32-44)36-18-8-3-9-19-36)52-49(51-46)41-24-13-23-40(29-41)48-45-25-11-10-20-37(45)26-27-50-48;/h1-22,24-33H;/q-1;. The number of rotatable bonds is 7. The molecule has 0 aliphatic carbocycles. The SMILES string of the molecule is [Ir].[c-]1ccc(-c2nc(-c3cccc(-c4ccccc4)c3)cc(-c3cc(-c4ccccc4)cc(-c4ccccc4)c3)n2)cc1-c1nccc2ccccc12. The number of hydrogen-bond acceptors (Lipinski definition) is 3. The van der Waals surface area contributed by atoms with E-state index in [0.717, 1.165) is 83.5 Å². The summed E-state index contributed by atoms with van der Waals surface area (Å²) in [6.45, 7) is 0. The molecule has 9 aromatic rings. The third-order valence-electron chi connectivity index (χ3n) is 9.42. The molecule has 253 valence electrons. The molecule has 0 atom stereocenters. The minimum absolute atomic E-state index is 0. The molecule has 4 heteroatoms. The molecule has 0 saturated heterocycles. The summed E-state index contributed by atoms with van der Waals surface area (Å²) in [6, 6.07) is 68.9. The van der Waals surface area contributed by atoms with Gasteiger partial charge in [-0.3, -0.25) is 0 Å². The van der Waals surface area contributed by atoms with E-state index < -0.39 is 0 Å². The van der Waals surface area contributed by atoms with Gasteiger partial charge in [0.25, 0.3) is 0 Å². The van der Waals surface area contributed by atoms with E-state index in [1.807, 2.05) is 36.5 Å². The maximum absolute atomic E-state index is 5.30. The summed E-state index contributed by atoms with van der Waals surface area (Å²) in [5.41, 5.74) is 13.3. The molecule has 0 bridgehead atoms. The fourth-order valence-electron chi connectivity index (χ4n) is 6.81. The first kappa shape index (κ1) is 33.8. The fourth-order valence-corrected chi connectivity index (χ4v) is 6.81. The van der Waals surface area contributed by atoms with Crippen LogP contribution < -0.4 is 0 Å². The monoisotopic (exact) mass is 855 g/mol. The van der Waals surface area contributed by atoms with E-state index in [4.69, 9.17) is 15.0 Å². The van der Waals surface area contributed by atoms with Crippen molar-refractivity contribution in [3.8, 4) is 78.5 Å². The number of hydrogen-bond donors (Lipinski definition) is 0. The van der Waals surface area contributed by atoms with Crippen molar-refractivity contribution in [3.05, 3.63) is 200 Å². The first-order chi connectivity index (χ1) is 25.7. The van der Waals surface area contributed by atoms with Crippen LogP contribution in [0.4, 0.5) is 0 Å². The minimum Gasteiger partial charge on any atom is -0.304 e. The molecule has 2 heterocycles. The number of pyridine rings is 1. The maximum atomic E-state index is 5.30. The second-order valence-electron chi connectivity index (χ2n) is 12.8. The Bertz CT molecular complexity index is 2610. The first-order valence-corrected chi connectivity index (χ1v) is 17.4. The smallest absolute Gasteiger partial charge is 0.142 e. The van der Waals surface area contributed by atoms with Crippen molar-refractivity contribution in [1.82, 2.24) is 15.0 Å². The normalized spacial score (nSPS) is 10.9. The summed E-state index contributed by atoms with van der Waals surface area (Å²) in [5.74, 6) is 0.638. The molecule has 9 rings (SSSR count). The molecule has 0 N–H and O–H groups in total. The van der Waals surface area contributed by atoms with Crippen molar-refractivity contribution >= 4 is 10.8 Å². The van der Waals surface area contributed by atoms with Crippen molar-refractivity contribution in [2.45, 2.75) is 0 Å². The Morgan fingerprint density at radius 1 is 0.377 bits per heavy atom. The molecule has 0 fully saturated rings. The van der Waals surface area contributed by atoms with Gasteiger partial charge >= 0.3 is 0 Å². The van der Waals surface area contributed by atoms with Crippen molar-refractivity contribution < 1.29 is 20.1 Å². The van der Waals surface area contributed by atoms with Crippen molar-refractivity contribution in [3.63, 3.8) is 0 Å². The Labute approximate surface area is 323 Å². The van der Waals surface area contributed by atoms with Gasteiger partial charge in [0, 0.05) is 37.4 Å². The summed E-state index contributed by atoms with van der Waals surface area (Å²) in [6.07, 6.45) is 1.86. The van der Waals surface area contributed by atoms with Gasteiger partial charge in [-0.05, 0) is 86.2 Å². The number of fused-ring (bicyclic) bond motifs is 1. The van der Waals surface area contributed by atoms with Crippen LogP contribution in [0.15, 0.2) is 194 Å². The molecular formula is C49H32IrN3-. The predicted octanol–water partition coefficient (Wildman–Crippen LogP) is 12.5. The van der Waals surface area contributed by atoms with Gasteiger partial charge in [-0.25, -0.2) is 9.97 Å². The Balaban J connectivity index is 0.00000400. The first-order valence-electron chi connectivity index (χ1n) is 17.4. The zero-order valence-corrected chi connectivity index (χ0v) is 31.0.